The minimum Gasteiger partial charge on any atom is -0.329 e. The molecule has 2 rings (SSSR count). The Morgan fingerprint density at radius 1 is 1.42 bits per heavy atom. The normalized spacial score (nSPS) is 26.4. The average Bonchev–Trinajstić information content (AvgIpc) is 2.37. The van der Waals surface area contributed by atoms with E-state index < -0.39 is 0 Å². The summed E-state index contributed by atoms with van der Waals surface area (Å²) in [6.07, 6.45) is 2.35. The van der Waals surface area contributed by atoms with E-state index in [9.17, 15) is 4.39 Å². The lowest BCUT2D eigenvalue weighted by atomic mass is 9.91. The monoisotopic (exact) mass is 284 g/mol. The highest BCUT2D eigenvalue weighted by molar-refractivity contribution is 6.31. The van der Waals surface area contributed by atoms with Gasteiger partial charge in [0.1, 0.15) is 5.82 Å². The Morgan fingerprint density at radius 2 is 2.16 bits per heavy atom. The smallest absolute Gasteiger partial charge is 0.129 e. The molecule has 0 aromatic heterocycles. The maximum absolute atomic E-state index is 14.1. The molecule has 19 heavy (non-hydrogen) atoms. The Bertz CT molecular complexity index is 418. The van der Waals surface area contributed by atoms with Gasteiger partial charge in [0.25, 0.3) is 0 Å². The van der Waals surface area contributed by atoms with Crippen LogP contribution < -0.4 is 5.73 Å². The van der Waals surface area contributed by atoms with Crippen molar-refractivity contribution in [3.8, 4) is 0 Å². The highest BCUT2D eigenvalue weighted by atomic mass is 35.5. The fourth-order valence-corrected chi connectivity index (χ4v) is 3.29. The second-order valence-corrected chi connectivity index (χ2v) is 6.02. The van der Waals surface area contributed by atoms with E-state index in [1.54, 1.807) is 12.1 Å². The van der Waals surface area contributed by atoms with Crippen LogP contribution in [-0.2, 0) is 0 Å². The summed E-state index contributed by atoms with van der Waals surface area (Å²) in [6.45, 7) is 5.75. The van der Waals surface area contributed by atoms with Gasteiger partial charge in [-0.2, -0.15) is 0 Å². The fraction of sp³-hybridized carbons (Fsp3) is 0.600. The van der Waals surface area contributed by atoms with Gasteiger partial charge in [0.05, 0.1) is 6.04 Å². The van der Waals surface area contributed by atoms with Gasteiger partial charge in [-0.1, -0.05) is 24.6 Å². The predicted octanol–water partition coefficient (Wildman–Crippen LogP) is 3.60. The highest BCUT2D eigenvalue weighted by Crippen LogP contribution is 2.34. The molecule has 0 amide bonds. The number of likely N-dealkylation sites (tertiary alicyclic amines) is 1. The van der Waals surface area contributed by atoms with Gasteiger partial charge < -0.3 is 5.73 Å². The third kappa shape index (κ3) is 3.10. The second kappa shape index (κ2) is 6.21. The van der Waals surface area contributed by atoms with E-state index in [-0.39, 0.29) is 11.9 Å². The van der Waals surface area contributed by atoms with Crippen LogP contribution in [0.3, 0.4) is 0 Å². The van der Waals surface area contributed by atoms with Gasteiger partial charge in [-0.05, 0) is 37.8 Å². The summed E-state index contributed by atoms with van der Waals surface area (Å²) in [5.41, 5.74) is 6.46. The Hall–Kier alpha value is -0.640. The van der Waals surface area contributed by atoms with Crippen LogP contribution in [0.4, 0.5) is 4.39 Å². The fourth-order valence-electron chi connectivity index (χ4n) is 3.01. The quantitative estimate of drug-likeness (QED) is 0.919. The minimum atomic E-state index is -0.256. The molecule has 0 spiro atoms. The molecule has 1 fully saturated rings. The topological polar surface area (TPSA) is 29.3 Å². The van der Waals surface area contributed by atoms with Crippen LogP contribution in [0.2, 0.25) is 5.02 Å². The summed E-state index contributed by atoms with van der Waals surface area (Å²) in [6, 6.07) is 5.12. The molecule has 0 bridgehead atoms. The van der Waals surface area contributed by atoms with Crippen LogP contribution in [0.15, 0.2) is 18.2 Å². The largest absolute Gasteiger partial charge is 0.329 e. The van der Waals surface area contributed by atoms with Crippen molar-refractivity contribution in [3.05, 3.63) is 34.6 Å². The first kappa shape index (κ1) is 14.8. The lowest BCUT2D eigenvalue weighted by molar-refractivity contribution is 0.0782. The van der Waals surface area contributed by atoms with E-state index in [4.69, 9.17) is 17.3 Å². The zero-order valence-corrected chi connectivity index (χ0v) is 12.3. The van der Waals surface area contributed by atoms with E-state index >= 15 is 0 Å². The second-order valence-electron chi connectivity index (χ2n) is 5.62. The molecule has 0 aliphatic carbocycles. The number of nitrogens with two attached hydrogens (primary N) is 1. The van der Waals surface area contributed by atoms with Crippen LogP contribution in [0.25, 0.3) is 0 Å². The molecule has 106 valence electrons. The molecule has 1 saturated heterocycles. The summed E-state index contributed by atoms with van der Waals surface area (Å²) >= 11 is 6.18. The summed E-state index contributed by atoms with van der Waals surface area (Å²) in [7, 11) is 0. The standard InChI is InChI=1S/C15H22ClFN2/c1-10-6-7-11(2)19(9-10)14(8-18)15-12(16)4-3-5-13(15)17/h3-5,10-11,14H,6-9,18H2,1-2H3. The Morgan fingerprint density at radius 3 is 2.79 bits per heavy atom. The number of benzene rings is 1. The molecule has 2 N–H and O–H groups in total. The van der Waals surface area contributed by atoms with E-state index in [2.05, 4.69) is 18.7 Å². The van der Waals surface area contributed by atoms with Crippen LogP contribution in [-0.4, -0.2) is 24.0 Å². The molecule has 0 radical (unpaired) electrons. The Kier molecular flexibility index (Phi) is 4.82. The number of hydrogen-bond donors (Lipinski definition) is 1. The molecule has 2 nitrogen and oxygen atoms in total. The molecule has 4 heteroatoms. The zero-order chi connectivity index (χ0) is 14.0. The van der Waals surface area contributed by atoms with E-state index in [1.165, 1.54) is 12.5 Å². The third-order valence-electron chi connectivity index (χ3n) is 4.12. The van der Waals surface area contributed by atoms with Crippen molar-refractivity contribution in [2.75, 3.05) is 13.1 Å². The van der Waals surface area contributed by atoms with Crippen LogP contribution in [0.5, 0.6) is 0 Å². The Balaban J connectivity index is 2.33. The van der Waals surface area contributed by atoms with Gasteiger partial charge in [-0.25, -0.2) is 4.39 Å². The van der Waals surface area contributed by atoms with Gasteiger partial charge in [0.2, 0.25) is 0 Å². The lowest BCUT2D eigenvalue weighted by Crippen LogP contribution is -2.46. The minimum absolute atomic E-state index is 0.133. The molecule has 1 aromatic carbocycles. The first-order valence-electron chi connectivity index (χ1n) is 6.94. The molecular weight excluding hydrogens is 263 g/mol. The van der Waals surface area contributed by atoms with Crippen molar-refractivity contribution in [1.29, 1.82) is 0 Å². The molecule has 1 aromatic rings. The highest BCUT2D eigenvalue weighted by Gasteiger charge is 2.31. The van der Waals surface area contributed by atoms with Crippen LogP contribution in [0.1, 0.15) is 38.3 Å². The van der Waals surface area contributed by atoms with Crippen molar-refractivity contribution < 1.29 is 4.39 Å². The maximum atomic E-state index is 14.1. The van der Waals surface area contributed by atoms with Gasteiger partial charge in [0, 0.05) is 29.7 Å². The Labute approximate surface area is 119 Å². The molecule has 0 saturated carbocycles. The first-order chi connectivity index (χ1) is 9.04. The first-order valence-corrected chi connectivity index (χ1v) is 7.32. The van der Waals surface area contributed by atoms with Crippen molar-refractivity contribution in [1.82, 2.24) is 4.90 Å². The van der Waals surface area contributed by atoms with Gasteiger partial charge in [-0.3, -0.25) is 4.90 Å². The SMILES string of the molecule is CC1CCC(C)N(C(CN)c2c(F)cccc2Cl)C1. The van der Waals surface area contributed by atoms with Gasteiger partial charge in [0.15, 0.2) is 0 Å². The van der Waals surface area contributed by atoms with Crippen LogP contribution in [0, 0.1) is 11.7 Å². The van der Waals surface area contributed by atoms with Crippen molar-refractivity contribution in [3.63, 3.8) is 0 Å². The molecule has 3 unspecified atom stereocenters. The molecule has 1 aliphatic rings. The van der Waals surface area contributed by atoms with E-state index in [1.807, 2.05) is 0 Å². The van der Waals surface area contributed by atoms with E-state index in [0.717, 1.165) is 13.0 Å². The lowest BCUT2D eigenvalue weighted by Gasteiger charge is -2.42. The summed E-state index contributed by atoms with van der Waals surface area (Å²) in [5.74, 6) is 0.365. The number of nitrogens with zero attached hydrogens (tertiary/aromatic N) is 1. The third-order valence-corrected chi connectivity index (χ3v) is 4.45. The average molecular weight is 285 g/mol. The molecule has 1 aliphatic heterocycles. The molecular formula is C15H22ClFN2. The summed E-state index contributed by atoms with van der Waals surface area (Å²) in [5, 5.41) is 0.473. The molecule has 1 heterocycles. The van der Waals surface area contributed by atoms with Gasteiger partial charge >= 0.3 is 0 Å². The van der Waals surface area contributed by atoms with E-state index in [0.29, 0.717) is 29.1 Å². The van der Waals surface area contributed by atoms with Crippen LogP contribution >= 0.6 is 11.6 Å². The number of piperidine rings is 1. The summed E-state index contributed by atoms with van der Waals surface area (Å²) < 4.78 is 14.1. The van der Waals surface area contributed by atoms with Crippen molar-refractivity contribution >= 4 is 11.6 Å². The number of hydrogen-bond acceptors (Lipinski definition) is 2. The number of halogens is 2. The number of rotatable bonds is 3. The molecule has 3 atom stereocenters. The van der Waals surface area contributed by atoms with Gasteiger partial charge in [-0.15, -0.1) is 0 Å². The maximum Gasteiger partial charge on any atom is 0.129 e. The summed E-state index contributed by atoms with van der Waals surface area (Å²) in [4.78, 5) is 2.30. The van der Waals surface area contributed by atoms with Crippen molar-refractivity contribution in [2.45, 2.75) is 38.8 Å². The van der Waals surface area contributed by atoms with Crippen molar-refractivity contribution in [2.24, 2.45) is 11.7 Å². The zero-order valence-electron chi connectivity index (χ0n) is 11.6. The predicted molar refractivity (Wildman–Crippen MR) is 77.8 cm³/mol.